The van der Waals surface area contributed by atoms with E-state index < -0.39 is 12.1 Å². The molecule has 9 nitrogen and oxygen atoms in total. The number of aryl methyl sites for hydroxylation is 1. The van der Waals surface area contributed by atoms with Gasteiger partial charge in [-0.3, -0.25) is 14.8 Å². The molecule has 3 amide bonds. The molecule has 2 N–H and O–H groups in total. The van der Waals surface area contributed by atoms with Gasteiger partial charge in [-0.05, 0) is 27.2 Å². The number of aromatic nitrogens is 4. The molecule has 1 aliphatic rings. The molecule has 2 aromatic rings. The van der Waals surface area contributed by atoms with Gasteiger partial charge in [0.1, 0.15) is 11.9 Å². The molecular formula is C16H23N7O2. The van der Waals surface area contributed by atoms with Crippen molar-refractivity contribution in [3.05, 3.63) is 24.7 Å². The quantitative estimate of drug-likeness (QED) is 0.876. The molecule has 0 unspecified atom stereocenters. The summed E-state index contributed by atoms with van der Waals surface area (Å²) >= 11 is 0. The minimum absolute atomic E-state index is 0.132. The Bertz CT molecular complexity index is 787. The van der Waals surface area contributed by atoms with Crippen LogP contribution in [-0.2, 0) is 17.4 Å². The lowest BCUT2D eigenvalue weighted by Crippen LogP contribution is -2.44. The number of rotatable bonds is 3. The fourth-order valence-corrected chi connectivity index (χ4v) is 2.86. The molecule has 1 fully saturated rings. The third kappa shape index (κ3) is 3.49. The highest BCUT2D eigenvalue weighted by molar-refractivity contribution is 6.02. The van der Waals surface area contributed by atoms with Crippen molar-refractivity contribution in [1.29, 1.82) is 0 Å². The van der Waals surface area contributed by atoms with E-state index in [4.69, 9.17) is 0 Å². The number of hydrogen-bond acceptors (Lipinski definition) is 4. The van der Waals surface area contributed by atoms with Crippen LogP contribution < -0.4 is 15.5 Å². The Labute approximate surface area is 146 Å². The van der Waals surface area contributed by atoms with Crippen molar-refractivity contribution in [2.75, 3.05) is 16.8 Å². The normalized spacial score (nSPS) is 17.8. The lowest BCUT2D eigenvalue weighted by Gasteiger charge is -2.22. The molecule has 1 aliphatic heterocycles. The molecule has 9 heteroatoms. The van der Waals surface area contributed by atoms with E-state index in [9.17, 15) is 9.59 Å². The number of anilines is 2. The van der Waals surface area contributed by atoms with Gasteiger partial charge in [-0.25, -0.2) is 9.48 Å². The molecule has 3 rings (SSSR count). The zero-order valence-corrected chi connectivity index (χ0v) is 14.9. The van der Waals surface area contributed by atoms with Crippen LogP contribution in [0.5, 0.6) is 0 Å². The number of amides is 3. The molecular weight excluding hydrogens is 322 g/mol. The van der Waals surface area contributed by atoms with E-state index in [1.54, 1.807) is 46.0 Å². The van der Waals surface area contributed by atoms with Crippen LogP contribution in [0.2, 0.25) is 0 Å². The molecule has 1 atom stereocenters. The summed E-state index contributed by atoms with van der Waals surface area (Å²) in [6.07, 6.45) is 5.61. The Kier molecular flexibility index (Phi) is 4.23. The van der Waals surface area contributed by atoms with Gasteiger partial charge in [0.05, 0.1) is 23.6 Å². The largest absolute Gasteiger partial charge is 0.326 e. The molecule has 2 aromatic heterocycles. The number of urea groups is 1. The monoisotopic (exact) mass is 345 g/mol. The Hall–Kier alpha value is -2.84. The summed E-state index contributed by atoms with van der Waals surface area (Å²) in [4.78, 5) is 26.4. The standard InChI is InChI=1S/C16H23N7O2/c1-16(2,3)23-13(5-7-17-23)20-15(25)19-12-6-8-22(14(12)24)11-9-18-21(4)10-11/h5,7,9-10,12H,6,8H2,1-4H3,(H2,19,20,25)/t12-/m0/s1. The first kappa shape index (κ1) is 17.0. The summed E-state index contributed by atoms with van der Waals surface area (Å²) < 4.78 is 3.37. The Morgan fingerprint density at radius 2 is 2.08 bits per heavy atom. The summed E-state index contributed by atoms with van der Waals surface area (Å²) in [7, 11) is 1.80. The number of carbonyl (C=O) groups is 2. The van der Waals surface area contributed by atoms with Crippen molar-refractivity contribution in [2.24, 2.45) is 7.05 Å². The second-order valence-electron chi connectivity index (χ2n) is 7.10. The van der Waals surface area contributed by atoms with Gasteiger partial charge in [0.15, 0.2) is 0 Å². The van der Waals surface area contributed by atoms with E-state index in [1.165, 1.54) is 0 Å². The minimum Gasteiger partial charge on any atom is -0.326 e. The maximum atomic E-state index is 12.5. The van der Waals surface area contributed by atoms with Gasteiger partial charge in [0, 0.05) is 25.9 Å². The molecule has 0 spiro atoms. The minimum atomic E-state index is -0.550. The molecule has 0 aromatic carbocycles. The van der Waals surface area contributed by atoms with Crippen LogP contribution in [0.15, 0.2) is 24.7 Å². The Morgan fingerprint density at radius 3 is 2.72 bits per heavy atom. The van der Waals surface area contributed by atoms with Crippen LogP contribution in [0.1, 0.15) is 27.2 Å². The number of hydrogen-bond donors (Lipinski definition) is 2. The average molecular weight is 345 g/mol. The van der Waals surface area contributed by atoms with Crippen molar-refractivity contribution in [3.8, 4) is 0 Å². The van der Waals surface area contributed by atoms with Crippen LogP contribution in [0.4, 0.5) is 16.3 Å². The van der Waals surface area contributed by atoms with Gasteiger partial charge in [-0.15, -0.1) is 0 Å². The fourth-order valence-electron chi connectivity index (χ4n) is 2.86. The molecule has 1 saturated heterocycles. The highest BCUT2D eigenvalue weighted by atomic mass is 16.2. The average Bonchev–Trinajstić information content (AvgIpc) is 3.21. The smallest absolute Gasteiger partial charge is 0.321 e. The molecule has 0 saturated carbocycles. The van der Waals surface area contributed by atoms with Crippen LogP contribution in [0.3, 0.4) is 0 Å². The molecule has 25 heavy (non-hydrogen) atoms. The van der Waals surface area contributed by atoms with Crippen LogP contribution in [0, 0.1) is 0 Å². The molecule has 0 bridgehead atoms. The number of carbonyl (C=O) groups excluding carboxylic acids is 2. The summed E-state index contributed by atoms with van der Waals surface area (Å²) in [6, 6.07) is 0.757. The Morgan fingerprint density at radius 1 is 1.32 bits per heavy atom. The number of nitrogens with one attached hydrogen (secondary N) is 2. The maximum absolute atomic E-state index is 12.5. The second-order valence-corrected chi connectivity index (χ2v) is 7.10. The third-order valence-electron chi connectivity index (χ3n) is 4.03. The summed E-state index contributed by atoms with van der Waals surface area (Å²) in [5.74, 6) is 0.451. The van der Waals surface area contributed by atoms with E-state index in [1.807, 2.05) is 20.8 Å². The van der Waals surface area contributed by atoms with Crippen molar-refractivity contribution >= 4 is 23.4 Å². The van der Waals surface area contributed by atoms with Crippen molar-refractivity contribution in [1.82, 2.24) is 24.9 Å². The number of nitrogens with zero attached hydrogens (tertiary/aromatic N) is 5. The summed E-state index contributed by atoms with van der Waals surface area (Å²) in [5, 5.41) is 13.8. The van der Waals surface area contributed by atoms with Crippen molar-refractivity contribution < 1.29 is 9.59 Å². The highest BCUT2D eigenvalue weighted by Crippen LogP contribution is 2.21. The van der Waals surface area contributed by atoms with Crippen LogP contribution in [-0.4, -0.2) is 44.1 Å². The van der Waals surface area contributed by atoms with Crippen LogP contribution in [0.25, 0.3) is 0 Å². The lowest BCUT2D eigenvalue weighted by atomic mass is 10.1. The zero-order chi connectivity index (χ0) is 18.2. The highest BCUT2D eigenvalue weighted by Gasteiger charge is 2.34. The van der Waals surface area contributed by atoms with Crippen molar-refractivity contribution in [3.63, 3.8) is 0 Å². The van der Waals surface area contributed by atoms with E-state index in [0.717, 1.165) is 5.69 Å². The molecule has 0 radical (unpaired) electrons. The van der Waals surface area contributed by atoms with E-state index in [2.05, 4.69) is 20.8 Å². The van der Waals surface area contributed by atoms with Crippen LogP contribution >= 0.6 is 0 Å². The fraction of sp³-hybridized carbons (Fsp3) is 0.500. The summed E-state index contributed by atoms with van der Waals surface area (Å²) in [5.41, 5.74) is 0.481. The SMILES string of the molecule is Cn1cc(N2CC[C@H](NC(=O)Nc3ccnn3C(C)(C)C)C2=O)cn1. The van der Waals surface area contributed by atoms with Gasteiger partial charge in [-0.1, -0.05) is 0 Å². The molecule has 134 valence electrons. The molecule has 3 heterocycles. The van der Waals surface area contributed by atoms with E-state index in [-0.39, 0.29) is 11.4 Å². The Balaban J connectivity index is 1.63. The summed E-state index contributed by atoms with van der Waals surface area (Å²) in [6.45, 7) is 6.54. The van der Waals surface area contributed by atoms with E-state index >= 15 is 0 Å². The molecule has 0 aliphatic carbocycles. The van der Waals surface area contributed by atoms with Gasteiger partial charge in [-0.2, -0.15) is 10.2 Å². The van der Waals surface area contributed by atoms with Gasteiger partial charge >= 0.3 is 6.03 Å². The van der Waals surface area contributed by atoms with Gasteiger partial charge < -0.3 is 10.2 Å². The predicted molar refractivity (Wildman–Crippen MR) is 93.3 cm³/mol. The first-order valence-electron chi connectivity index (χ1n) is 8.18. The first-order valence-corrected chi connectivity index (χ1v) is 8.18. The lowest BCUT2D eigenvalue weighted by molar-refractivity contribution is -0.118. The van der Waals surface area contributed by atoms with Crippen molar-refractivity contribution in [2.45, 2.75) is 38.8 Å². The van der Waals surface area contributed by atoms with E-state index in [0.29, 0.717) is 18.8 Å². The first-order chi connectivity index (χ1) is 11.8. The topological polar surface area (TPSA) is 97.1 Å². The maximum Gasteiger partial charge on any atom is 0.321 e. The predicted octanol–water partition coefficient (Wildman–Crippen LogP) is 1.30. The second kappa shape index (κ2) is 6.23. The van der Waals surface area contributed by atoms with Gasteiger partial charge in [0.25, 0.3) is 0 Å². The van der Waals surface area contributed by atoms with Gasteiger partial charge in [0.2, 0.25) is 5.91 Å². The zero-order valence-electron chi connectivity index (χ0n) is 14.9. The third-order valence-corrected chi connectivity index (χ3v) is 4.03.